The molecule has 0 amide bonds. The summed E-state index contributed by atoms with van der Waals surface area (Å²) in [6, 6.07) is 3.22. The second-order valence-electron chi connectivity index (χ2n) is 1.72. The summed E-state index contributed by atoms with van der Waals surface area (Å²) in [5, 5.41) is 0. The van der Waals surface area contributed by atoms with Crippen LogP contribution in [-0.2, 0) is 4.29 Å². The Morgan fingerprint density at radius 1 is 1.73 bits per heavy atom. The number of carbonyl (C=O) groups is 1. The van der Waals surface area contributed by atoms with Crippen molar-refractivity contribution in [2.75, 3.05) is 0 Å². The van der Waals surface area contributed by atoms with Crippen molar-refractivity contribution in [2.45, 2.75) is 0 Å². The minimum absolute atomic E-state index is 0.175. The first-order valence-corrected chi connectivity index (χ1v) is 3.78. The Kier molecular flexibility index (Phi) is 2.84. The Morgan fingerprint density at radius 2 is 2.45 bits per heavy atom. The van der Waals surface area contributed by atoms with Crippen LogP contribution in [0, 0.1) is 0 Å². The van der Waals surface area contributed by atoms with Gasteiger partial charge in [-0.1, -0.05) is 15.9 Å². The highest BCUT2D eigenvalue weighted by Gasteiger charge is 2.07. The van der Waals surface area contributed by atoms with Crippen molar-refractivity contribution < 1.29 is 9.08 Å². The molecular weight excluding hydrogens is 233 g/mol. The summed E-state index contributed by atoms with van der Waals surface area (Å²) in [7, 11) is 0. The van der Waals surface area contributed by atoms with E-state index in [1.165, 1.54) is 12.3 Å². The lowest BCUT2D eigenvalue weighted by molar-refractivity contribution is 0.0745. The minimum Gasteiger partial charge on any atom is -0.342 e. The topological polar surface area (TPSA) is 39.2 Å². The van der Waals surface area contributed by atoms with Crippen molar-refractivity contribution in [1.82, 2.24) is 4.98 Å². The van der Waals surface area contributed by atoms with Gasteiger partial charge in [0.15, 0.2) is 5.69 Å². The molecule has 0 saturated carbocycles. The van der Waals surface area contributed by atoms with Crippen molar-refractivity contribution in [3.63, 3.8) is 0 Å². The largest absolute Gasteiger partial charge is 0.375 e. The van der Waals surface area contributed by atoms with Crippen LogP contribution in [-0.4, -0.2) is 11.0 Å². The summed E-state index contributed by atoms with van der Waals surface area (Å²) in [6.07, 6.45) is 1.48. The molecule has 0 spiro atoms. The Bertz CT molecular complexity index is 279. The molecule has 0 N–H and O–H groups in total. The molecule has 3 nitrogen and oxygen atoms in total. The van der Waals surface area contributed by atoms with Gasteiger partial charge < -0.3 is 4.29 Å². The molecular formula is C6H3BrClNO2. The van der Waals surface area contributed by atoms with Gasteiger partial charge in [0.25, 0.3) is 0 Å². The zero-order chi connectivity index (χ0) is 8.27. The first-order valence-electron chi connectivity index (χ1n) is 2.68. The van der Waals surface area contributed by atoms with E-state index in [-0.39, 0.29) is 5.69 Å². The number of aromatic nitrogens is 1. The van der Waals surface area contributed by atoms with Gasteiger partial charge in [0.05, 0.1) is 0 Å². The maximum Gasteiger partial charge on any atom is 0.375 e. The molecule has 1 aromatic heterocycles. The van der Waals surface area contributed by atoms with Crippen LogP contribution < -0.4 is 0 Å². The van der Waals surface area contributed by atoms with Crippen molar-refractivity contribution in [3.8, 4) is 0 Å². The molecule has 11 heavy (non-hydrogen) atoms. The maximum atomic E-state index is 10.7. The van der Waals surface area contributed by atoms with E-state index in [9.17, 15) is 4.79 Å². The van der Waals surface area contributed by atoms with E-state index in [4.69, 9.17) is 11.9 Å². The highest BCUT2D eigenvalue weighted by Crippen LogP contribution is 2.10. The lowest BCUT2D eigenvalue weighted by Gasteiger charge is -1.94. The first kappa shape index (κ1) is 8.49. The van der Waals surface area contributed by atoms with E-state index in [1.54, 1.807) is 6.07 Å². The van der Waals surface area contributed by atoms with Gasteiger partial charge in [0.2, 0.25) is 0 Å². The molecule has 0 atom stereocenters. The van der Waals surface area contributed by atoms with Crippen LogP contribution in [0.5, 0.6) is 0 Å². The van der Waals surface area contributed by atoms with Crippen LogP contribution in [0.2, 0.25) is 0 Å². The van der Waals surface area contributed by atoms with Crippen molar-refractivity contribution >= 4 is 33.8 Å². The third kappa shape index (κ3) is 2.17. The number of pyridine rings is 1. The molecule has 0 aromatic carbocycles. The third-order valence-electron chi connectivity index (χ3n) is 1.00. The van der Waals surface area contributed by atoms with E-state index < -0.39 is 5.97 Å². The van der Waals surface area contributed by atoms with Crippen LogP contribution in [0.1, 0.15) is 10.5 Å². The van der Waals surface area contributed by atoms with Gasteiger partial charge in [-0.05, 0) is 12.1 Å². The summed E-state index contributed by atoms with van der Waals surface area (Å²) in [6.45, 7) is 0. The predicted molar refractivity (Wildman–Crippen MR) is 43.2 cm³/mol. The molecule has 58 valence electrons. The number of halogens is 2. The summed E-state index contributed by atoms with van der Waals surface area (Å²) in [4.78, 5) is 14.4. The lowest BCUT2D eigenvalue weighted by Crippen LogP contribution is -2.00. The Balaban J connectivity index is 2.96. The second-order valence-corrected chi connectivity index (χ2v) is 2.79. The Labute approximate surface area is 76.6 Å². The SMILES string of the molecule is O=C(OCl)c1cc(Br)ccn1. The highest BCUT2D eigenvalue weighted by molar-refractivity contribution is 9.10. The summed E-state index contributed by atoms with van der Waals surface area (Å²) >= 11 is 8.00. The van der Waals surface area contributed by atoms with Gasteiger partial charge >= 0.3 is 5.97 Å². The quantitative estimate of drug-likeness (QED) is 0.750. The summed E-state index contributed by atoms with van der Waals surface area (Å²) < 4.78 is 4.70. The van der Waals surface area contributed by atoms with E-state index >= 15 is 0 Å². The lowest BCUT2D eigenvalue weighted by atomic mass is 10.4. The van der Waals surface area contributed by atoms with Crippen LogP contribution in [0.4, 0.5) is 0 Å². The van der Waals surface area contributed by atoms with Crippen LogP contribution in [0.15, 0.2) is 22.8 Å². The van der Waals surface area contributed by atoms with Gasteiger partial charge in [0.1, 0.15) is 11.9 Å². The van der Waals surface area contributed by atoms with E-state index in [0.29, 0.717) is 0 Å². The summed E-state index contributed by atoms with van der Waals surface area (Å²) in [5.41, 5.74) is 0.175. The van der Waals surface area contributed by atoms with Gasteiger partial charge in [-0.15, -0.1) is 0 Å². The van der Waals surface area contributed by atoms with Crippen molar-refractivity contribution in [1.29, 1.82) is 0 Å². The molecule has 0 aliphatic rings. The molecule has 1 heterocycles. The maximum absolute atomic E-state index is 10.7. The van der Waals surface area contributed by atoms with Crippen LogP contribution >= 0.6 is 27.8 Å². The van der Waals surface area contributed by atoms with Gasteiger partial charge in [-0.2, -0.15) is 0 Å². The summed E-state index contributed by atoms with van der Waals surface area (Å²) in [5.74, 6) is -0.659. The molecule has 0 aliphatic heterocycles. The number of carbonyl (C=O) groups excluding carboxylic acids is 1. The van der Waals surface area contributed by atoms with E-state index in [0.717, 1.165) is 4.47 Å². The number of hydrogen-bond donors (Lipinski definition) is 0. The van der Waals surface area contributed by atoms with E-state index in [2.05, 4.69) is 25.2 Å². The Morgan fingerprint density at radius 3 is 3.00 bits per heavy atom. The number of nitrogens with zero attached hydrogens (tertiary/aromatic N) is 1. The molecule has 0 fully saturated rings. The second kappa shape index (κ2) is 3.69. The molecule has 0 unspecified atom stereocenters. The van der Waals surface area contributed by atoms with Crippen LogP contribution in [0.3, 0.4) is 0 Å². The smallest absolute Gasteiger partial charge is 0.342 e. The molecule has 1 rings (SSSR count). The molecule has 5 heteroatoms. The predicted octanol–water partition coefficient (Wildman–Crippen LogP) is 2.15. The highest BCUT2D eigenvalue weighted by atomic mass is 79.9. The van der Waals surface area contributed by atoms with Crippen LogP contribution in [0.25, 0.3) is 0 Å². The zero-order valence-electron chi connectivity index (χ0n) is 5.25. The number of hydrogen-bond acceptors (Lipinski definition) is 3. The standard InChI is InChI=1S/C6H3BrClNO2/c7-4-1-2-9-5(3-4)6(10)11-8/h1-3H. The fourth-order valence-electron chi connectivity index (χ4n) is 0.556. The normalized spacial score (nSPS) is 9.27. The monoisotopic (exact) mass is 235 g/mol. The molecule has 0 saturated heterocycles. The van der Waals surface area contributed by atoms with Gasteiger partial charge in [-0.25, -0.2) is 9.78 Å². The average molecular weight is 236 g/mol. The molecule has 0 radical (unpaired) electrons. The minimum atomic E-state index is -0.659. The first-order chi connectivity index (χ1) is 5.24. The van der Waals surface area contributed by atoms with Gasteiger partial charge in [-0.3, -0.25) is 0 Å². The number of rotatable bonds is 1. The zero-order valence-corrected chi connectivity index (χ0v) is 7.59. The van der Waals surface area contributed by atoms with Gasteiger partial charge in [0, 0.05) is 10.7 Å². The van der Waals surface area contributed by atoms with Crippen molar-refractivity contribution in [2.24, 2.45) is 0 Å². The Hall–Kier alpha value is -0.610. The third-order valence-corrected chi connectivity index (χ3v) is 1.63. The average Bonchev–Trinajstić information content (AvgIpc) is 2.03. The fraction of sp³-hybridized carbons (Fsp3) is 0. The fourth-order valence-corrected chi connectivity index (χ4v) is 0.970. The van der Waals surface area contributed by atoms with Crippen molar-refractivity contribution in [3.05, 3.63) is 28.5 Å². The van der Waals surface area contributed by atoms with E-state index in [1.807, 2.05) is 0 Å². The molecule has 0 aliphatic carbocycles. The molecule has 1 aromatic rings. The molecule has 0 bridgehead atoms.